The van der Waals surface area contributed by atoms with Gasteiger partial charge in [-0.05, 0) is 30.7 Å². The summed E-state index contributed by atoms with van der Waals surface area (Å²) in [6.45, 7) is 2.06. The molecule has 0 bridgehead atoms. The minimum absolute atomic E-state index is 0.0490. The molecule has 0 unspecified atom stereocenters. The largest absolute Gasteiger partial charge is 0.395 e. The maximum absolute atomic E-state index is 12.4. The highest BCUT2D eigenvalue weighted by Crippen LogP contribution is 2.20. The van der Waals surface area contributed by atoms with Crippen molar-refractivity contribution < 1.29 is 9.90 Å². The molecule has 0 atom stereocenters. The van der Waals surface area contributed by atoms with E-state index < -0.39 is 0 Å². The van der Waals surface area contributed by atoms with Gasteiger partial charge >= 0.3 is 0 Å². The normalized spacial score (nSPS) is 9.86. The first-order valence-electron chi connectivity index (χ1n) is 6.65. The van der Waals surface area contributed by atoms with Gasteiger partial charge in [0.05, 0.1) is 17.0 Å². The van der Waals surface area contributed by atoms with Crippen LogP contribution in [0.3, 0.4) is 0 Å². The van der Waals surface area contributed by atoms with Crippen molar-refractivity contribution in [3.8, 4) is 11.8 Å². The monoisotopic (exact) mass is 299 g/mol. The van der Waals surface area contributed by atoms with E-state index in [9.17, 15) is 4.79 Å². The lowest BCUT2D eigenvalue weighted by atomic mass is 10.2. The van der Waals surface area contributed by atoms with Crippen LogP contribution in [0.1, 0.15) is 27.2 Å². The number of aliphatic hydroxyl groups is 1. The summed E-state index contributed by atoms with van der Waals surface area (Å²) in [5.41, 5.74) is 2.63. The summed E-state index contributed by atoms with van der Waals surface area (Å²) in [6.07, 6.45) is 0.449. The number of hydrogen-bond donors (Lipinski definition) is 1. The van der Waals surface area contributed by atoms with Crippen molar-refractivity contribution in [2.75, 3.05) is 18.6 Å². The van der Waals surface area contributed by atoms with Crippen LogP contribution in [0.5, 0.6) is 0 Å². The van der Waals surface area contributed by atoms with Crippen molar-refractivity contribution in [1.29, 1.82) is 0 Å². The molecular weight excluding hydrogens is 282 g/mol. The molecule has 0 aliphatic carbocycles. The summed E-state index contributed by atoms with van der Waals surface area (Å²) >= 11 is 1.44. The molecule has 1 amide bonds. The third kappa shape index (κ3) is 3.94. The quantitative estimate of drug-likeness (QED) is 0.885. The number of hydrogen-bond acceptors (Lipinski definition) is 3. The van der Waals surface area contributed by atoms with Crippen molar-refractivity contribution in [3.63, 3.8) is 0 Å². The fourth-order valence-corrected chi connectivity index (χ4v) is 2.62. The fourth-order valence-electron chi connectivity index (χ4n) is 1.87. The van der Waals surface area contributed by atoms with Gasteiger partial charge in [0.15, 0.2) is 0 Å². The van der Waals surface area contributed by atoms with E-state index in [4.69, 9.17) is 5.11 Å². The average Bonchev–Trinajstić information content (AvgIpc) is 2.95. The average molecular weight is 299 g/mol. The molecule has 0 radical (unpaired) electrons. The van der Waals surface area contributed by atoms with Gasteiger partial charge in [0, 0.05) is 24.5 Å². The van der Waals surface area contributed by atoms with Crippen LogP contribution in [0, 0.1) is 18.8 Å². The first-order valence-corrected chi connectivity index (χ1v) is 7.53. The standard InChI is InChI=1S/C17H17NO2S/c1-13-6-5-7-15(10-13)18(2)17(20)14-11-16(21-12-14)8-3-4-9-19/h5-7,10-12,19H,4,9H2,1-2H3. The lowest BCUT2D eigenvalue weighted by Gasteiger charge is -2.17. The molecule has 0 aliphatic rings. The predicted octanol–water partition coefficient (Wildman–Crippen LogP) is 3.07. The lowest BCUT2D eigenvalue weighted by Crippen LogP contribution is -2.25. The van der Waals surface area contributed by atoms with Gasteiger partial charge in [0.25, 0.3) is 5.91 Å². The Kier molecular flexibility index (Phi) is 5.15. The van der Waals surface area contributed by atoms with Crippen molar-refractivity contribution in [1.82, 2.24) is 0 Å². The zero-order chi connectivity index (χ0) is 15.2. The molecule has 21 heavy (non-hydrogen) atoms. The van der Waals surface area contributed by atoms with Gasteiger partial charge in [-0.1, -0.05) is 24.0 Å². The molecule has 3 nitrogen and oxygen atoms in total. The highest BCUT2D eigenvalue weighted by atomic mass is 32.1. The number of aliphatic hydroxyl groups excluding tert-OH is 1. The molecule has 4 heteroatoms. The topological polar surface area (TPSA) is 40.5 Å². The van der Waals surface area contributed by atoms with Crippen LogP contribution >= 0.6 is 11.3 Å². The Morgan fingerprint density at radius 3 is 2.90 bits per heavy atom. The number of carbonyl (C=O) groups excluding carboxylic acids is 1. The Morgan fingerprint density at radius 2 is 2.19 bits per heavy atom. The second kappa shape index (κ2) is 7.07. The van der Waals surface area contributed by atoms with Gasteiger partial charge in [-0.25, -0.2) is 0 Å². The summed E-state index contributed by atoms with van der Waals surface area (Å²) in [6, 6.07) is 9.63. The van der Waals surface area contributed by atoms with Crippen LogP contribution in [0.4, 0.5) is 5.69 Å². The van der Waals surface area contributed by atoms with Gasteiger partial charge in [-0.3, -0.25) is 4.79 Å². The number of aryl methyl sites for hydroxylation is 1. The van der Waals surface area contributed by atoms with E-state index in [1.165, 1.54) is 11.3 Å². The van der Waals surface area contributed by atoms with Crippen LogP contribution in [-0.4, -0.2) is 24.7 Å². The van der Waals surface area contributed by atoms with E-state index >= 15 is 0 Å². The molecule has 0 saturated carbocycles. The lowest BCUT2D eigenvalue weighted by molar-refractivity contribution is 0.0993. The van der Waals surface area contributed by atoms with Crippen LogP contribution in [0.2, 0.25) is 0 Å². The van der Waals surface area contributed by atoms with Crippen LogP contribution < -0.4 is 4.90 Å². The molecule has 0 fully saturated rings. The summed E-state index contributed by atoms with van der Waals surface area (Å²) < 4.78 is 0. The predicted molar refractivity (Wildman–Crippen MR) is 86.8 cm³/mol. The third-order valence-electron chi connectivity index (χ3n) is 2.99. The van der Waals surface area contributed by atoms with E-state index in [0.29, 0.717) is 12.0 Å². The first-order chi connectivity index (χ1) is 10.1. The van der Waals surface area contributed by atoms with Gasteiger partial charge in [0.1, 0.15) is 0 Å². The summed E-state index contributed by atoms with van der Waals surface area (Å²) in [5.74, 6) is 5.75. The van der Waals surface area contributed by atoms with E-state index in [2.05, 4.69) is 11.8 Å². The Bertz CT molecular complexity index is 694. The zero-order valence-corrected chi connectivity index (χ0v) is 12.9. The number of anilines is 1. The molecule has 1 aromatic carbocycles. The van der Waals surface area contributed by atoms with Gasteiger partial charge < -0.3 is 10.0 Å². The minimum Gasteiger partial charge on any atom is -0.395 e. The molecule has 0 saturated heterocycles. The number of rotatable bonds is 3. The number of carbonyl (C=O) groups is 1. The van der Waals surface area contributed by atoms with Crippen molar-refractivity contribution in [2.45, 2.75) is 13.3 Å². The van der Waals surface area contributed by atoms with E-state index in [1.807, 2.05) is 36.6 Å². The third-order valence-corrected chi connectivity index (χ3v) is 3.83. The van der Waals surface area contributed by atoms with Gasteiger partial charge in [-0.15, -0.1) is 11.3 Å². The SMILES string of the molecule is Cc1cccc(N(C)C(=O)c2csc(C#CCCO)c2)c1. The Balaban J connectivity index is 2.15. The molecule has 2 rings (SSSR count). The summed E-state index contributed by atoms with van der Waals surface area (Å²) in [5, 5.41) is 10.5. The Labute approximate surface area is 128 Å². The minimum atomic E-state index is -0.0490. The van der Waals surface area contributed by atoms with Crippen molar-refractivity contribution >= 4 is 22.9 Å². The molecule has 0 spiro atoms. The Morgan fingerprint density at radius 1 is 1.38 bits per heavy atom. The molecule has 108 valence electrons. The number of thiophene rings is 1. The zero-order valence-electron chi connectivity index (χ0n) is 12.1. The summed E-state index contributed by atoms with van der Waals surface area (Å²) in [4.78, 5) is 14.9. The van der Waals surface area contributed by atoms with Crippen LogP contribution in [-0.2, 0) is 0 Å². The summed E-state index contributed by atoms with van der Waals surface area (Å²) in [7, 11) is 1.77. The van der Waals surface area contributed by atoms with Crippen LogP contribution in [0.15, 0.2) is 35.7 Å². The van der Waals surface area contributed by atoms with Crippen molar-refractivity contribution in [3.05, 3.63) is 51.7 Å². The maximum atomic E-state index is 12.4. The first kappa shape index (κ1) is 15.3. The van der Waals surface area contributed by atoms with Crippen molar-refractivity contribution in [2.24, 2.45) is 0 Å². The highest BCUT2D eigenvalue weighted by molar-refractivity contribution is 7.10. The molecule has 0 aliphatic heterocycles. The van der Waals surface area contributed by atoms with E-state index in [1.54, 1.807) is 18.0 Å². The molecular formula is C17H17NO2S. The second-order valence-corrected chi connectivity index (χ2v) is 5.59. The van der Waals surface area contributed by atoms with Gasteiger partial charge in [-0.2, -0.15) is 0 Å². The van der Waals surface area contributed by atoms with E-state index in [-0.39, 0.29) is 12.5 Å². The number of amides is 1. The molecule has 1 N–H and O–H groups in total. The van der Waals surface area contributed by atoms with Gasteiger partial charge in [0.2, 0.25) is 0 Å². The smallest absolute Gasteiger partial charge is 0.258 e. The molecule has 2 aromatic rings. The number of nitrogens with zero attached hydrogens (tertiary/aromatic N) is 1. The maximum Gasteiger partial charge on any atom is 0.258 e. The number of benzene rings is 1. The Hall–Kier alpha value is -2.09. The molecule has 1 aromatic heterocycles. The van der Waals surface area contributed by atoms with E-state index in [0.717, 1.165) is 16.1 Å². The fraction of sp³-hybridized carbons (Fsp3) is 0.235. The molecule has 1 heterocycles. The van der Waals surface area contributed by atoms with Crippen LogP contribution in [0.25, 0.3) is 0 Å². The highest BCUT2D eigenvalue weighted by Gasteiger charge is 2.14. The second-order valence-electron chi connectivity index (χ2n) is 4.68.